The third kappa shape index (κ3) is 2.81. The Kier molecular flexibility index (Phi) is 3.27. The summed E-state index contributed by atoms with van der Waals surface area (Å²) in [6.45, 7) is 4.56. The molecule has 0 atom stereocenters. The van der Waals surface area contributed by atoms with E-state index in [1.165, 1.54) is 27.9 Å². The van der Waals surface area contributed by atoms with Gasteiger partial charge >= 0.3 is 6.18 Å². The Morgan fingerprint density at radius 1 is 1.29 bits per heavy atom. The largest absolute Gasteiger partial charge is 0.468 e. The van der Waals surface area contributed by atoms with Crippen molar-refractivity contribution in [3.05, 3.63) is 17.4 Å². The van der Waals surface area contributed by atoms with E-state index in [-0.39, 0.29) is 5.95 Å². The molecule has 0 radical (unpaired) electrons. The fraction of sp³-hybridized carbons (Fsp3) is 0.545. The monoisotopic (exact) mass is 250 g/mol. The molecule has 0 saturated carbocycles. The summed E-state index contributed by atoms with van der Waals surface area (Å²) in [6, 6.07) is 0.680. The Balaban J connectivity index is 3.33. The van der Waals surface area contributed by atoms with Gasteiger partial charge in [-0.05, 0) is 0 Å². The van der Waals surface area contributed by atoms with Crippen LogP contribution in [0.2, 0.25) is 0 Å². The average Bonchev–Trinajstić information content (AvgIpc) is 2.57. The normalized spacial score (nSPS) is 12.6. The molecule has 1 rings (SSSR count). The van der Waals surface area contributed by atoms with Crippen LogP contribution in [0.3, 0.4) is 0 Å². The predicted octanol–water partition coefficient (Wildman–Crippen LogP) is 3.54. The molecule has 0 bridgehead atoms. The van der Waals surface area contributed by atoms with Gasteiger partial charge in [-0.25, -0.2) is 0 Å². The minimum absolute atomic E-state index is 0.329. The molecule has 1 heterocycles. The number of rotatable bonds is 2. The molecule has 0 aliphatic heterocycles. The zero-order valence-electron chi connectivity index (χ0n) is 9.94. The molecule has 17 heavy (non-hydrogen) atoms. The standard InChI is InChI=1S/C11H13F3O3/c1-10(2,3)9(15)8-6(11(12,13)14)5-7(16-4)17-8/h5H,1-4H3. The predicted molar refractivity (Wildman–Crippen MR) is 54.0 cm³/mol. The minimum atomic E-state index is -4.64. The van der Waals surface area contributed by atoms with Gasteiger partial charge in [-0.15, -0.1) is 0 Å². The molecule has 0 aromatic carbocycles. The topological polar surface area (TPSA) is 39.4 Å². The van der Waals surface area contributed by atoms with Gasteiger partial charge in [0.1, 0.15) is 5.56 Å². The van der Waals surface area contributed by atoms with Gasteiger partial charge in [0.15, 0.2) is 5.76 Å². The number of hydrogen-bond acceptors (Lipinski definition) is 3. The second-order valence-electron chi connectivity index (χ2n) is 4.59. The first-order valence-corrected chi connectivity index (χ1v) is 4.87. The number of ether oxygens (including phenoxy) is 1. The number of carbonyl (C=O) groups is 1. The number of carbonyl (C=O) groups excluding carboxylic acids is 1. The van der Waals surface area contributed by atoms with Crippen molar-refractivity contribution in [2.45, 2.75) is 26.9 Å². The Bertz CT molecular complexity index is 424. The van der Waals surface area contributed by atoms with Crippen LogP contribution in [0.15, 0.2) is 10.5 Å². The summed E-state index contributed by atoms with van der Waals surface area (Å²) in [5.74, 6) is -1.75. The number of hydrogen-bond donors (Lipinski definition) is 0. The smallest absolute Gasteiger partial charge is 0.420 e. The fourth-order valence-corrected chi connectivity index (χ4v) is 1.19. The lowest BCUT2D eigenvalue weighted by Gasteiger charge is -2.16. The first kappa shape index (κ1) is 13.6. The fourth-order valence-electron chi connectivity index (χ4n) is 1.19. The highest BCUT2D eigenvalue weighted by molar-refractivity contribution is 5.99. The lowest BCUT2D eigenvalue weighted by molar-refractivity contribution is -0.138. The third-order valence-corrected chi connectivity index (χ3v) is 2.10. The van der Waals surface area contributed by atoms with Gasteiger partial charge in [0.2, 0.25) is 5.78 Å². The average molecular weight is 250 g/mol. The first-order chi connectivity index (χ1) is 7.57. The van der Waals surface area contributed by atoms with Gasteiger partial charge in [-0.1, -0.05) is 20.8 Å². The molecule has 0 unspecified atom stereocenters. The number of halogens is 3. The summed E-state index contributed by atoms with van der Waals surface area (Å²) in [5, 5.41) is 0. The molecular weight excluding hydrogens is 237 g/mol. The SMILES string of the molecule is COc1cc(C(F)(F)F)c(C(=O)C(C)(C)C)o1. The number of alkyl halides is 3. The molecule has 0 amide bonds. The van der Waals surface area contributed by atoms with Crippen LogP contribution in [-0.2, 0) is 6.18 Å². The number of ketones is 1. The van der Waals surface area contributed by atoms with Crippen LogP contribution in [0.25, 0.3) is 0 Å². The van der Waals surface area contributed by atoms with Crippen molar-refractivity contribution in [2.75, 3.05) is 7.11 Å². The van der Waals surface area contributed by atoms with Crippen molar-refractivity contribution < 1.29 is 27.1 Å². The second-order valence-corrected chi connectivity index (χ2v) is 4.59. The maximum Gasteiger partial charge on any atom is 0.420 e. The second kappa shape index (κ2) is 4.09. The third-order valence-electron chi connectivity index (χ3n) is 2.10. The van der Waals surface area contributed by atoms with Gasteiger partial charge in [0.25, 0.3) is 5.95 Å². The highest BCUT2D eigenvalue weighted by Crippen LogP contribution is 2.38. The van der Waals surface area contributed by atoms with E-state index >= 15 is 0 Å². The number of furan rings is 1. The summed E-state index contributed by atoms with van der Waals surface area (Å²) in [5.41, 5.74) is -2.06. The Labute approximate surface area is 96.6 Å². The molecule has 0 N–H and O–H groups in total. The molecule has 3 nitrogen and oxygen atoms in total. The molecule has 0 fully saturated rings. The van der Waals surface area contributed by atoms with Crippen molar-refractivity contribution in [1.29, 1.82) is 0 Å². The van der Waals surface area contributed by atoms with E-state index in [9.17, 15) is 18.0 Å². The molecule has 1 aromatic rings. The summed E-state index contributed by atoms with van der Waals surface area (Å²) in [4.78, 5) is 11.8. The van der Waals surface area contributed by atoms with Crippen LogP contribution in [0.4, 0.5) is 13.2 Å². The molecule has 0 saturated heterocycles. The van der Waals surface area contributed by atoms with Gasteiger partial charge < -0.3 is 9.15 Å². The van der Waals surface area contributed by atoms with Gasteiger partial charge in [0, 0.05) is 11.5 Å². The van der Waals surface area contributed by atoms with Gasteiger partial charge in [-0.2, -0.15) is 13.2 Å². The van der Waals surface area contributed by atoms with E-state index < -0.39 is 28.7 Å². The Morgan fingerprint density at radius 2 is 1.82 bits per heavy atom. The van der Waals surface area contributed by atoms with Crippen LogP contribution in [0.5, 0.6) is 5.95 Å². The highest BCUT2D eigenvalue weighted by atomic mass is 19.4. The summed E-state index contributed by atoms with van der Waals surface area (Å²) < 4.78 is 47.4. The van der Waals surface area contributed by atoms with E-state index in [0.717, 1.165) is 0 Å². The van der Waals surface area contributed by atoms with E-state index in [4.69, 9.17) is 4.42 Å². The molecule has 1 aromatic heterocycles. The minimum Gasteiger partial charge on any atom is -0.468 e. The zero-order chi connectivity index (χ0) is 13.4. The summed E-state index contributed by atoms with van der Waals surface area (Å²) in [7, 11) is 1.17. The van der Waals surface area contributed by atoms with Gasteiger partial charge in [-0.3, -0.25) is 4.79 Å². The molecule has 6 heteroatoms. The maximum absolute atomic E-state index is 12.7. The first-order valence-electron chi connectivity index (χ1n) is 4.87. The van der Waals surface area contributed by atoms with E-state index in [0.29, 0.717) is 6.07 Å². The van der Waals surface area contributed by atoms with E-state index in [1.54, 1.807) is 0 Å². The van der Waals surface area contributed by atoms with Crippen LogP contribution >= 0.6 is 0 Å². The van der Waals surface area contributed by atoms with Gasteiger partial charge in [0.05, 0.1) is 7.11 Å². The van der Waals surface area contributed by atoms with E-state index in [1.807, 2.05) is 0 Å². The molecule has 0 spiro atoms. The van der Waals surface area contributed by atoms with Crippen molar-refractivity contribution in [3.63, 3.8) is 0 Å². The van der Waals surface area contributed by atoms with Crippen LogP contribution < -0.4 is 4.74 Å². The van der Waals surface area contributed by atoms with Crippen molar-refractivity contribution in [3.8, 4) is 5.95 Å². The van der Waals surface area contributed by atoms with Crippen LogP contribution in [0, 0.1) is 5.41 Å². The number of Topliss-reactive ketones (excluding diaryl/α,β-unsaturated/α-hetero) is 1. The Morgan fingerprint density at radius 3 is 2.18 bits per heavy atom. The lowest BCUT2D eigenvalue weighted by Crippen LogP contribution is -2.22. The zero-order valence-corrected chi connectivity index (χ0v) is 9.94. The molecule has 0 aliphatic carbocycles. The molecule has 96 valence electrons. The molecule has 0 aliphatic rings. The van der Waals surface area contributed by atoms with E-state index in [2.05, 4.69) is 4.74 Å². The van der Waals surface area contributed by atoms with Crippen molar-refractivity contribution in [2.24, 2.45) is 5.41 Å². The highest BCUT2D eigenvalue weighted by Gasteiger charge is 2.41. The summed E-state index contributed by atoms with van der Waals surface area (Å²) in [6.07, 6.45) is -4.64. The number of methoxy groups -OCH3 is 1. The van der Waals surface area contributed by atoms with Crippen LogP contribution in [0.1, 0.15) is 36.9 Å². The lowest BCUT2D eigenvalue weighted by atomic mass is 9.88. The summed E-state index contributed by atoms with van der Waals surface area (Å²) >= 11 is 0. The molecular formula is C11H13F3O3. The quantitative estimate of drug-likeness (QED) is 0.753. The van der Waals surface area contributed by atoms with Crippen LogP contribution in [-0.4, -0.2) is 12.9 Å². The van der Waals surface area contributed by atoms with Crippen molar-refractivity contribution in [1.82, 2.24) is 0 Å². The Hall–Kier alpha value is -1.46. The van der Waals surface area contributed by atoms with Crippen molar-refractivity contribution >= 4 is 5.78 Å². The maximum atomic E-state index is 12.7.